The Morgan fingerprint density at radius 2 is 1.29 bits per heavy atom. The summed E-state index contributed by atoms with van der Waals surface area (Å²) in [5.41, 5.74) is 4.01. The lowest BCUT2D eigenvalue weighted by molar-refractivity contribution is -0.136. The van der Waals surface area contributed by atoms with Crippen molar-refractivity contribution in [2.24, 2.45) is 5.10 Å². The van der Waals surface area contributed by atoms with E-state index in [-0.39, 0.29) is 11.3 Å². The molecule has 0 radical (unpaired) electrons. The lowest BCUT2D eigenvalue weighted by Gasteiger charge is -2.11. The third-order valence-electron chi connectivity index (χ3n) is 5.90. The number of rotatable bonds is 5. The van der Waals surface area contributed by atoms with Gasteiger partial charge in [0.05, 0.1) is 17.5 Å². The van der Waals surface area contributed by atoms with Gasteiger partial charge in [0.15, 0.2) is 0 Å². The molecule has 0 saturated carbocycles. The van der Waals surface area contributed by atoms with Crippen LogP contribution in [0.2, 0.25) is 5.02 Å². The van der Waals surface area contributed by atoms with E-state index >= 15 is 0 Å². The normalized spacial score (nSPS) is 11.0. The topological polar surface area (TPSA) is 99.7 Å². The van der Waals surface area contributed by atoms with Crippen LogP contribution in [0, 0.1) is 0 Å². The second-order valence-electron chi connectivity index (χ2n) is 8.39. The van der Waals surface area contributed by atoms with Crippen molar-refractivity contribution >= 4 is 68.5 Å². The summed E-state index contributed by atoms with van der Waals surface area (Å²) in [6.45, 7) is 0. The Morgan fingerprint density at radius 1 is 0.684 bits per heavy atom. The molecule has 0 saturated heterocycles. The molecule has 0 bridgehead atoms. The van der Waals surface area contributed by atoms with E-state index in [4.69, 9.17) is 11.6 Å². The highest BCUT2D eigenvalue weighted by atomic mass is 35.5. The number of hydrazone groups is 1. The first-order valence-electron chi connectivity index (χ1n) is 11.7. The summed E-state index contributed by atoms with van der Waals surface area (Å²) in [4.78, 5) is 37.9. The van der Waals surface area contributed by atoms with E-state index in [0.717, 1.165) is 27.1 Å². The molecule has 0 spiro atoms. The van der Waals surface area contributed by atoms with E-state index in [1.807, 2.05) is 48.5 Å². The average Bonchev–Trinajstić information content (AvgIpc) is 2.94. The Kier molecular flexibility index (Phi) is 7.10. The minimum atomic E-state index is -0.973. The van der Waals surface area contributed by atoms with Crippen molar-refractivity contribution < 1.29 is 14.4 Å². The molecular weight excluding hydrogens is 500 g/mol. The fourth-order valence-electron chi connectivity index (χ4n) is 4.10. The molecule has 0 unspecified atom stereocenters. The first-order chi connectivity index (χ1) is 18.5. The predicted molar refractivity (Wildman–Crippen MR) is 152 cm³/mol. The van der Waals surface area contributed by atoms with Gasteiger partial charge in [0.1, 0.15) is 0 Å². The molecule has 5 aromatic carbocycles. The van der Waals surface area contributed by atoms with Gasteiger partial charge in [0, 0.05) is 16.3 Å². The van der Waals surface area contributed by atoms with Crippen molar-refractivity contribution in [1.29, 1.82) is 0 Å². The number of hydrogen-bond donors (Lipinski definition) is 3. The van der Waals surface area contributed by atoms with E-state index in [1.165, 1.54) is 12.3 Å². The Balaban J connectivity index is 1.30. The molecule has 5 rings (SSSR count). The molecule has 0 aromatic heterocycles. The highest BCUT2D eigenvalue weighted by Gasteiger charge is 2.18. The number of nitrogens with one attached hydrogen (secondary N) is 3. The molecule has 0 heterocycles. The lowest BCUT2D eigenvalue weighted by atomic mass is 9.97. The molecular formula is C30H21ClN4O3. The van der Waals surface area contributed by atoms with Crippen LogP contribution in [0.5, 0.6) is 0 Å². The summed E-state index contributed by atoms with van der Waals surface area (Å²) >= 11 is 5.89. The van der Waals surface area contributed by atoms with Gasteiger partial charge in [-0.2, -0.15) is 5.10 Å². The molecule has 3 amide bonds. The Hall–Kier alpha value is -5.01. The number of nitrogens with zero attached hydrogens (tertiary/aromatic N) is 1. The van der Waals surface area contributed by atoms with E-state index in [2.05, 4.69) is 27.2 Å². The molecule has 7 nitrogen and oxygen atoms in total. The minimum Gasteiger partial charge on any atom is -0.322 e. The Labute approximate surface area is 223 Å². The van der Waals surface area contributed by atoms with Gasteiger partial charge in [0.2, 0.25) is 0 Å². The predicted octanol–water partition coefficient (Wildman–Crippen LogP) is 5.99. The maximum absolute atomic E-state index is 12.8. The molecule has 0 aliphatic rings. The first-order valence-corrected chi connectivity index (χ1v) is 12.1. The van der Waals surface area contributed by atoms with E-state index in [9.17, 15) is 14.4 Å². The smallest absolute Gasteiger partial charge is 0.322 e. The Morgan fingerprint density at radius 3 is 1.97 bits per heavy atom. The fraction of sp³-hybridized carbons (Fsp3) is 0. The molecule has 0 fully saturated rings. The molecule has 0 aliphatic heterocycles. The van der Waals surface area contributed by atoms with Crippen LogP contribution in [0.15, 0.2) is 108 Å². The van der Waals surface area contributed by atoms with Crippen LogP contribution in [0.4, 0.5) is 11.4 Å². The van der Waals surface area contributed by atoms with Crippen LogP contribution >= 0.6 is 11.6 Å². The van der Waals surface area contributed by atoms with Crippen molar-refractivity contribution in [1.82, 2.24) is 5.43 Å². The van der Waals surface area contributed by atoms with Crippen LogP contribution < -0.4 is 16.1 Å². The highest BCUT2D eigenvalue weighted by molar-refractivity contribution is 6.40. The van der Waals surface area contributed by atoms with Crippen LogP contribution in [0.3, 0.4) is 0 Å². The molecule has 8 heteroatoms. The quantitative estimate of drug-likeness (QED) is 0.115. The monoisotopic (exact) mass is 520 g/mol. The molecule has 186 valence electrons. The number of halogens is 1. The summed E-state index contributed by atoms with van der Waals surface area (Å²) in [7, 11) is 0. The van der Waals surface area contributed by atoms with Crippen LogP contribution in [-0.2, 0) is 9.59 Å². The maximum atomic E-state index is 12.8. The van der Waals surface area contributed by atoms with Gasteiger partial charge in [-0.1, -0.05) is 72.3 Å². The standard InChI is InChI=1S/C30H21ClN4O3/c31-21-13-15-22(16-14-21)33-28(36)25-11-5-6-12-27(25)34-29(37)30(38)35-32-18-26-23-9-3-1-7-19(23)17-20-8-2-4-10-24(20)26/h1-18H,(H,33,36)(H,34,37)(H,35,38). The van der Waals surface area contributed by atoms with Crippen LogP contribution in [0.25, 0.3) is 21.5 Å². The molecule has 5 aromatic rings. The average molecular weight is 521 g/mol. The first kappa shape index (κ1) is 24.7. The summed E-state index contributed by atoms with van der Waals surface area (Å²) in [6, 6.07) is 30.8. The highest BCUT2D eigenvalue weighted by Crippen LogP contribution is 2.27. The Bertz CT molecular complexity index is 1660. The van der Waals surface area contributed by atoms with Crippen molar-refractivity contribution in [3.05, 3.63) is 119 Å². The minimum absolute atomic E-state index is 0.183. The number of benzene rings is 5. The molecule has 0 atom stereocenters. The van der Waals surface area contributed by atoms with Gasteiger partial charge in [-0.05, 0) is 64.0 Å². The molecule has 0 aliphatic carbocycles. The number of para-hydroxylation sites is 1. The number of carbonyl (C=O) groups excluding carboxylic acids is 3. The lowest BCUT2D eigenvalue weighted by Crippen LogP contribution is -2.33. The summed E-state index contributed by atoms with van der Waals surface area (Å²) < 4.78 is 0. The van der Waals surface area contributed by atoms with Crippen molar-refractivity contribution in [2.45, 2.75) is 0 Å². The second-order valence-corrected chi connectivity index (χ2v) is 8.83. The number of fused-ring (bicyclic) bond motifs is 2. The van der Waals surface area contributed by atoms with Gasteiger partial charge in [-0.3, -0.25) is 14.4 Å². The third-order valence-corrected chi connectivity index (χ3v) is 6.15. The molecule has 38 heavy (non-hydrogen) atoms. The van der Waals surface area contributed by atoms with Crippen LogP contribution in [0.1, 0.15) is 15.9 Å². The number of amides is 3. The third kappa shape index (κ3) is 5.38. The van der Waals surface area contributed by atoms with E-state index in [1.54, 1.807) is 42.5 Å². The second kappa shape index (κ2) is 10.9. The summed E-state index contributed by atoms with van der Waals surface area (Å²) in [6.07, 6.45) is 1.53. The van der Waals surface area contributed by atoms with Crippen molar-refractivity contribution in [2.75, 3.05) is 10.6 Å². The van der Waals surface area contributed by atoms with Crippen LogP contribution in [-0.4, -0.2) is 23.9 Å². The largest absolute Gasteiger partial charge is 0.329 e. The van der Waals surface area contributed by atoms with Gasteiger partial charge in [-0.15, -0.1) is 0 Å². The van der Waals surface area contributed by atoms with Gasteiger partial charge >= 0.3 is 11.8 Å². The molecule has 3 N–H and O–H groups in total. The van der Waals surface area contributed by atoms with E-state index in [0.29, 0.717) is 10.7 Å². The number of hydrogen-bond acceptors (Lipinski definition) is 4. The SMILES string of the molecule is O=C(NN=Cc1c2ccccc2cc2ccccc12)C(=O)Nc1ccccc1C(=O)Nc1ccc(Cl)cc1. The van der Waals surface area contributed by atoms with Crippen molar-refractivity contribution in [3.63, 3.8) is 0 Å². The zero-order valence-corrected chi connectivity index (χ0v) is 20.7. The van der Waals surface area contributed by atoms with E-state index < -0.39 is 17.7 Å². The number of carbonyl (C=O) groups is 3. The van der Waals surface area contributed by atoms with Gasteiger partial charge in [-0.25, -0.2) is 5.43 Å². The summed E-state index contributed by atoms with van der Waals surface area (Å²) in [5.74, 6) is -2.39. The zero-order chi connectivity index (χ0) is 26.5. The zero-order valence-electron chi connectivity index (χ0n) is 19.9. The maximum Gasteiger partial charge on any atom is 0.329 e. The van der Waals surface area contributed by atoms with Crippen molar-refractivity contribution in [3.8, 4) is 0 Å². The van der Waals surface area contributed by atoms with Gasteiger partial charge in [0.25, 0.3) is 5.91 Å². The number of anilines is 2. The van der Waals surface area contributed by atoms with Gasteiger partial charge < -0.3 is 10.6 Å². The summed E-state index contributed by atoms with van der Waals surface area (Å²) in [5, 5.41) is 13.8. The fourth-order valence-corrected chi connectivity index (χ4v) is 4.22.